The van der Waals surface area contributed by atoms with Crippen LogP contribution < -0.4 is 5.32 Å². The number of pyridine rings is 2. The molecule has 1 atom stereocenters. The fourth-order valence-electron chi connectivity index (χ4n) is 4.19. The molecule has 1 fully saturated rings. The summed E-state index contributed by atoms with van der Waals surface area (Å²) in [4.78, 5) is 26.0. The van der Waals surface area contributed by atoms with E-state index in [-0.39, 0.29) is 5.91 Å². The lowest BCUT2D eigenvalue weighted by molar-refractivity contribution is -0.0329. The third-order valence-electron chi connectivity index (χ3n) is 6.31. The highest BCUT2D eigenvalue weighted by atomic mass is 16.3. The average Bonchev–Trinajstić information content (AvgIpc) is 3.26. The molecule has 35 heavy (non-hydrogen) atoms. The van der Waals surface area contributed by atoms with E-state index in [0.717, 1.165) is 48.3 Å². The van der Waals surface area contributed by atoms with Crippen molar-refractivity contribution in [1.82, 2.24) is 29.5 Å². The Labute approximate surface area is 204 Å². The molecule has 1 aliphatic rings. The van der Waals surface area contributed by atoms with Gasteiger partial charge in [0.2, 0.25) is 0 Å². The number of rotatable bonds is 6. The van der Waals surface area contributed by atoms with Crippen molar-refractivity contribution >= 4 is 22.5 Å². The van der Waals surface area contributed by atoms with E-state index >= 15 is 0 Å². The van der Waals surface area contributed by atoms with E-state index in [0.29, 0.717) is 23.6 Å². The first-order valence-corrected chi connectivity index (χ1v) is 11.7. The topological polar surface area (TPSA) is 99.4 Å². The van der Waals surface area contributed by atoms with E-state index in [1.54, 1.807) is 16.9 Å². The lowest BCUT2D eigenvalue weighted by Gasteiger charge is -2.35. The largest absolute Gasteiger partial charge is 0.376 e. The number of likely N-dealkylation sites (N-methyl/N-ethyl adjacent to an activating group) is 1. The number of piperazine rings is 1. The van der Waals surface area contributed by atoms with Crippen molar-refractivity contribution in [2.75, 3.05) is 38.5 Å². The van der Waals surface area contributed by atoms with Gasteiger partial charge in [-0.15, -0.1) is 0 Å². The van der Waals surface area contributed by atoms with E-state index in [1.165, 1.54) is 0 Å². The van der Waals surface area contributed by atoms with Crippen LogP contribution in [0.4, 0.5) is 5.69 Å². The first-order chi connectivity index (χ1) is 16.9. The number of hydrogen-bond donors (Lipinski definition) is 2. The lowest BCUT2D eigenvalue weighted by atomic mass is 10.1. The zero-order valence-corrected chi connectivity index (χ0v) is 19.9. The minimum Gasteiger partial charge on any atom is -0.376 e. The lowest BCUT2D eigenvalue weighted by Crippen LogP contribution is -2.50. The molecule has 4 heterocycles. The molecule has 4 aromatic rings. The van der Waals surface area contributed by atoms with Gasteiger partial charge in [0.05, 0.1) is 17.8 Å². The van der Waals surface area contributed by atoms with Crippen LogP contribution in [-0.2, 0) is 6.54 Å². The highest BCUT2D eigenvalue weighted by Crippen LogP contribution is 2.20. The van der Waals surface area contributed by atoms with Gasteiger partial charge in [-0.1, -0.05) is 6.07 Å². The van der Waals surface area contributed by atoms with Crippen molar-refractivity contribution in [3.05, 3.63) is 72.3 Å². The number of fused-ring (bicyclic) bond motifs is 1. The summed E-state index contributed by atoms with van der Waals surface area (Å²) in [5, 5.41) is 19.0. The summed E-state index contributed by atoms with van der Waals surface area (Å²) in [7, 11) is 2.09. The Bertz CT molecular complexity index is 1330. The monoisotopic (exact) mass is 471 g/mol. The van der Waals surface area contributed by atoms with Crippen molar-refractivity contribution in [3.8, 4) is 11.3 Å². The molecule has 2 N–H and O–H groups in total. The molecule has 9 heteroatoms. The van der Waals surface area contributed by atoms with E-state index in [4.69, 9.17) is 0 Å². The smallest absolute Gasteiger partial charge is 0.274 e. The number of aryl methyl sites for hydroxylation is 1. The Kier molecular flexibility index (Phi) is 6.54. The van der Waals surface area contributed by atoms with Crippen molar-refractivity contribution in [2.24, 2.45) is 0 Å². The molecule has 0 saturated carbocycles. The summed E-state index contributed by atoms with van der Waals surface area (Å²) in [6, 6.07) is 14.8. The van der Waals surface area contributed by atoms with Crippen LogP contribution in [0, 0.1) is 6.92 Å². The Balaban J connectivity index is 1.27. The number of amides is 1. The predicted octanol–water partition coefficient (Wildman–Crippen LogP) is 2.62. The number of benzene rings is 1. The average molecular weight is 472 g/mol. The summed E-state index contributed by atoms with van der Waals surface area (Å²) < 4.78 is 1.76. The number of aromatic nitrogens is 4. The number of nitrogens with one attached hydrogen (secondary N) is 1. The van der Waals surface area contributed by atoms with Gasteiger partial charge in [-0.2, -0.15) is 5.10 Å². The SMILES string of the molecule is Cc1ccc(-c2cccc(C(=O)Nc3ccc4nn(CC(O)N5CCN(C)CC5)cc4c3)n2)cn1. The molecule has 0 spiro atoms. The maximum Gasteiger partial charge on any atom is 0.274 e. The summed E-state index contributed by atoms with van der Waals surface area (Å²) in [6.07, 6.45) is 3.07. The van der Waals surface area contributed by atoms with Crippen molar-refractivity contribution < 1.29 is 9.90 Å². The number of carbonyl (C=O) groups excluding carboxylic acids is 1. The number of aliphatic hydroxyl groups excluding tert-OH is 1. The van der Waals surface area contributed by atoms with Crippen LogP contribution in [0.1, 0.15) is 16.2 Å². The predicted molar refractivity (Wildman–Crippen MR) is 135 cm³/mol. The summed E-state index contributed by atoms with van der Waals surface area (Å²) >= 11 is 0. The van der Waals surface area contributed by atoms with Crippen LogP contribution in [0.15, 0.2) is 60.9 Å². The summed E-state index contributed by atoms with van der Waals surface area (Å²) in [6.45, 7) is 5.89. The Morgan fingerprint density at radius 2 is 1.94 bits per heavy atom. The zero-order valence-electron chi connectivity index (χ0n) is 19.9. The number of nitrogens with zero attached hydrogens (tertiary/aromatic N) is 6. The summed E-state index contributed by atoms with van der Waals surface area (Å²) in [5.74, 6) is -0.288. The van der Waals surface area contributed by atoms with Crippen LogP contribution in [0.5, 0.6) is 0 Å². The van der Waals surface area contributed by atoms with E-state index < -0.39 is 6.23 Å². The number of anilines is 1. The molecule has 1 aliphatic heterocycles. The molecule has 1 aromatic carbocycles. The maximum atomic E-state index is 12.9. The van der Waals surface area contributed by atoms with Crippen LogP contribution >= 0.6 is 0 Å². The van der Waals surface area contributed by atoms with Crippen LogP contribution in [0.25, 0.3) is 22.2 Å². The van der Waals surface area contributed by atoms with Gasteiger partial charge in [0.1, 0.15) is 11.9 Å². The highest BCUT2D eigenvalue weighted by molar-refractivity contribution is 6.04. The van der Waals surface area contributed by atoms with E-state index in [2.05, 4.69) is 37.2 Å². The fourth-order valence-corrected chi connectivity index (χ4v) is 4.19. The van der Waals surface area contributed by atoms with Crippen molar-refractivity contribution in [2.45, 2.75) is 19.7 Å². The number of aliphatic hydroxyl groups is 1. The number of hydrogen-bond acceptors (Lipinski definition) is 7. The molecule has 0 aliphatic carbocycles. The first-order valence-electron chi connectivity index (χ1n) is 11.7. The molecular formula is C26H29N7O2. The standard InChI is InChI=1S/C26H29N7O2/c1-18-6-7-19(15-27-18)22-4-3-5-24(29-22)26(35)28-21-8-9-23-20(14-21)16-33(30-23)17-25(34)32-12-10-31(2)11-13-32/h3-9,14-16,25,34H,10-13,17H2,1-2H3,(H,28,35). The fraction of sp³-hybridized carbons (Fsp3) is 0.308. The molecule has 0 bridgehead atoms. The quantitative estimate of drug-likeness (QED) is 0.446. The van der Waals surface area contributed by atoms with E-state index in [9.17, 15) is 9.90 Å². The minimum absolute atomic E-state index is 0.288. The first kappa shape index (κ1) is 23.1. The molecule has 1 amide bonds. The van der Waals surface area contributed by atoms with Gasteiger partial charge in [0.25, 0.3) is 5.91 Å². The normalized spacial score (nSPS) is 15.9. The number of carbonyl (C=O) groups is 1. The molecule has 5 rings (SSSR count). The molecule has 1 unspecified atom stereocenters. The van der Waals surface area contributed by atoms with Crippen LogP contribution in [0.2, 0.25) is 0 Å². The van der Waals surface area contributed by atoms with Crippen LogP contribution in [-0.4, -0.2) is 80.0 Å². The van der Waals surface area contributed by atoms with Gasteiger partial charge < -0.3 is 15.3 Å². The van der Waals surface area contributed by atoms with Gasteiger partial charge in [-0.25, -0.2) is 4.98 Å². The second-order valence-corrected chi connectivity index (χ2v) is 9.00. The van der Waals surface area contributed by atoms with Gasteiger partial charge in [0, 0.05) is 60.9 Å². The Morgan fingerprint density at radius 1 is 1.11 bits per heavy atom. The molecule has 9 nitrogen and oxygen atoms in total. The summed E-state index contributed by atoms with van der Waals surface area (Å²) in [5.41, 5.74) is 4.27. The Morgan fingerprint density at radius 3 is 2.71 bits per heavy atom. The van der Waals surface area contributed by atoms with Gasteiger partial charge in [-0.3, -0.25) is 19.4 Å². The molecular weight excluding hydrogens is 442 g/mol. The van der Waals surface area contributed by atoms with Gasteiger partial charge in [-0.05, 0) is 56.4 Å². The highest BCUT2D eigenvalue weighted by Gasteiger charge is 2.21. The molecule has 0 radical (unpaired) electrons. The molecule has 180 valence electrons. The third kappa shape index (κ3) is 5.37. The van der Waals surface area contributed by atoms with Crippen LogP contribution in [0.3, 0.4) is 0 Å². The minimum atomic E-state index is -0.584. The zero-order chi connectivity index (χ0) is 24.4. The molecule has 1 saturated heterocycles. The second-order valence-electron chi connectivity index (χ2n) is 9.00. The van der Waals surface area contributed by atoms with Crippen molar-refractivity contribution in [3.63, 3.8) is 0 Å². The van der Waals surface area contributed by atoms with Gasteiger partial charge >= 0.3 is 0 Å². The second kappa shape index (κ2) is 9.91. The van der Waals surface area contributed by atoms with Gasteiger partial charge in [0.15, 0.2) is 0 Å². The molecule has 3 aromatic heterocycles. The van der Waals surface area contributed by atoms with Crippen molar-refractivity contribution in [1.29, 1.82) is 0 Å². The van der Waals surface area contributed by atoms with E-state index in [1.807, 2.05) is 55.6 Å². The maximum absolute atomic E-state index is 12.9. The third-order valence-corrected chi connectivity index (χ3v) is 6.31. The Hall–Kier alpha value is -3.66.